The van der Waals surface area contributed by atoms with Crippen molar-refractivity contribution >= 4 is 154 Å². The van der Waals surface area contributed by atoms with Crippen molar-refractivity contribution in [2.24, 2.45) is 0 Å². The first-order chi connectivity index (χ1) is 64.9. The maximum absolute atomic E-state index is 12.1. The quantitative estimate of drug-likeness (QED) is 0.0126. The summed E-state index contributed by atoms with van der Waals surface area (Å²) in [5.41, 5.74) is 11.2. The number of halogens is 2. The smallest absolute Gasteiger partial charge is 1.00 e. The maximum Gasteiger partial charge on any atom is 1.00 e. The Morgan fingerprint density at radius 3 is 0.796 bits per heavy atom. The summed E-state index contributed by atoms with van der Waals surface area (Å²) < 4.78 is 37.9. The Bertz CT molecular complexity index is 6130. The van der Waals surface area contributed by atoms with E-state index in [4.69, 9.17) is 37.7 Å². The number of carbonyl (C=O) groups is 7. The zero-order chi connectivity index (χ0) is 94.0. The molecule has 142 heavy (non-hydrogen) atoms. The van der Waals surface area contributed by atoms with Gasteiger partial charge in [-0.15, -0.1) is 0 Å². The standard InChI is InChI=1S/C27H24O2P.C18H15P.C13H11NO3.3C12H9NO3.C9H9BrO2.C4H3NO2.5CH4.BrH.Li.2H2O/c1-29-27(28)23-13-11-12-22(20-23)21-30(24-14-5-2-6-15-24,25-16-7-3-8-17-25)26-18-9-4-10-19-26;1-4-10-16(11-5-1)19(17-12-6-2-7-13-17)18-14-8-3-9-15-18;1-16-13(15)11-4-2-3-10(7-11)5-6-12-8-17-9-14-12;3*14-12(15)10-3-1-2-9(6-10)4-5-11-7-16-8-13-11;1-12-9(11)8-4-2-3-7(5-8)6-10;6-1-4-2-7-3-5-4;;;;;;;;;/h2-20H,21H2,1H3;1-15H;2-9H,1H3;3*1-8H,(H,14,15);2-5H,6H2,1H3;1-3H;5*1H4;1H;;2*1H2/q+1;;;;;;;;;;;;;;+1;;/p-2/b;;6-5+;2*5-4+;5-4-;;;;;;;;;;;. The second kappa shape index (κ2) is 68.5. The average molecular weight is 2080 g/mol. The number of aromatic carboxylic acids is 3. The molecule has 6 N–H and O–H groups in total. The SMILES string of the molecule is C.C.C.C.C.COC(=O)c1cccc(/C=C/c2cocn2)c1.COC(=O)c1cccc(CBr)c1.COC(=O)c1cccc(C[P+](c2ccccc2)(c2ccccc2)c2ccccc2)c1.O.O=C(O)c1cccc(/C=C/c2cocn2)c1.O=C(O)c1cccc(/C=C/c2cocn2)c1.O=C(O)c1cccc(/C=C\c2cocn2)c1.O=Cc1cocn1.[Br-].[Li+].[OH-].c1ccc(P(c2ccccc2)c2ccccc2)cc1. The fourth-order valence-electron chi connectivity index (χ4n) is 12.5. The molecule has 0 aliphatic heterocycles. The van der Waals surface area contributed by atoms with Crippen molar-refractivity contribution in [2.75, 3.05) is 21.3 Å². The van der Waals surface area contributed by atoms with Crippen LogP contribution in [0, 0.1) is 0 Å². The van der Waals surface area contributed by atoms with Gasteiger partial charge in [-0.25, -0.2) is 53.7 Å². The van der Waals surface area contributed by atoms with Gasteiger partial charge in [-0.3, -0.25) is 4.79 Å². The number of rotatable bonds is 24. The number of ether oxygens (including phenoxy) is 3. The van der Waals surface area contributed by atoms with Gasteiger partial charge in [0, 0.05) is 5.33 Å². The van der Waals surface area contributed by atoms with Gasteiger partial charge < -0.3 is 79.5 Å². The summed E-state index contributed by atoms with van der Waals surface area (Å²) in [7, 11) is 1.73. The van der Waals surface area contributed by atoms with Crippen molar-refractivity contribution in [2.45, 2.75) is 48.6 Å². The van der Waals surface area contributed by atoms with Crippen LogP contribution in [0.25, 0.3) is 48.6 Å². The Balaban J connectivity index is 0.000000822. The molecule has 0 radical (unpaired) electrons. The van der Waals surface area contributed by atoms with Gasteiger partial charge in [0.15, 0.2) is 38.3 Å². The number of benzene rings is 12. The number of esters is 3. The third-order valence-electron chi connectivity index (χ3n) is 18.8. The predicted octanol–water partition coefficient (Wildman–Crippen LogP) is 17.7. The second-order valence-corrected chi connectivity index (χ2v) is 34.0. The van der Waals surface area contributed by atoms with Gasteiger partial charge in [0.1, 0.15) is 83.0 Å². The molecule has 0 unspecified atom stereocenters. The van der Waals surface area contributed by atoms with Gasteiger partial charge in [-0.05, 0) is 191 Å². The number of carboxylic acids is 3. The summed E-state index contributed by atoms with van der Waals surface area (Å²) in [4.78, 5) is 95.7. The monoisotopic (exact) mass is 2070 g/mol. The minimum absolute atomic E-state index is 0. The van der Waals surface area contributed by atoms with Crippen molar-refractivity contribution < 1.29 is 132 Å². The summed E-state index contributed by atoms with van der Waals surface area (Å²) in [5.74, 6) is -3.75. The van der Waals surface area contributed by atoms with E-state index >= 15 is 0 Å². The number of oxazole rings is 5. The van der Waals surface area contributed by atoms with E-state index in [2.05, 4.69) is 243 Å². The van der Waals surface area contributed by atoms with Gasteiger partial charge in [-0.1, -0.05) is 296 Å². The van der Waals surface area contributed by atoms with Crippen LogP contribution in [0.2, 0.25) is 0 Å². The number of hydrogen-bond acceptors (Lipinski definition) is 21. The maximum atomic E-state index is 12.1. The molecule has 0 atom stereocenters. The number of hydrogen-bond donors (Lipinski definition) is 3. The molecule has 0 saturated carbocycles. The van der Waals surface area contributed by atoms with Crippen LogP contribution in [0.1, 0.15) is 166 Å². The molecular weight excluding hydrogens is 1960 g/mol. The molecule has 0 amide bonds. The second-order valence-electron chi connectivity index (χ2n) is 27.8. The molecule has 0 bridgehead atoms. The van der Waals surface area contributed by atoms with Crippen LogP contribution >= 0.6 is 31.1 Å². The van der Waals surface area contributed by atoms with E-state index in [1.54, 1.807) is 134 Å². The molecule has 17 aromatic rings. The van der Waals surface area contributed by atoms with E-state index in [-0.39, 0.29) is 119 Å². The van der Waals surface area contributed by atoms with Crippen LogP contribution < -0.4 is 67.7 Å². The molecular formula is C112H112Br2LiN5O20P2. The number of carbonyl (C=O) groups excluding carboxylic acids is 4. The van der Waals surface area contributed by atoms with Crippen LogP contribution in [-0.4, -0.2) is 115 Å². The van der Waals surface area contributed by atoms with Crippen LogP contribution in [0.3, 0.4) is 0 Å². The predicted molar refractivity (Wildman–Crippen MR) is 563 cm³/mol. The zero-order valence-corrected chi connectivity index (χ0v) is 79.3. The van der Waals surface area contributed by atoms with Crippen LogP contribution in [0.15, 0.2) is 413 Å². The van der Waals surface area contributed by atoms with Gasteiger partial charge in [0.25, 0.3) is 0 Å². The molecule has 0 aliphatic rings. The summed E-state index contributed by atoms with van der Waals surface area (Å²) >= 11 is 3.31. The van der Waals surface area contributed by atoms with Gasteiger partial charge in [0.05, 0.1) is 60.9 Å². The van der Waals surface area contributed by atoms with Gasteiger partial charge >= 0.3 is 54.7 Å². The van der Waals surface area contributed by atoms with Crippen LogP contribution in [0.5, 0.6) is 0 Å². The molecule has 0 aliphatic carbocycles. The van der Waals surface area contributed by atoms with Crippen molar-refractivity contribution in [1.29, 1.82) is 0 Å². The van der Waals surface area contributed by atoms with E-state index in [0.29, 0.717) is 45.8 Å². The molecule has 0 spiro atoms. The van der Waals surface area contributed by atoms with E-state index < -0.39 is 33.1 Å². The van der Waals surface area contributed by atoms with Gasteiger partial charge in [0.2, 0.25) is 0 Å². The number of nitrogens with zero attached hydrogens (tertiary/aromatic N) is 5. The molecule has 0 saturated heterocycles. The normalized spacial score (nSPS) is 9.89. The Labute approximate surface area is 860 Å². The summed E-state index contributed by atoms with van der Waals surface area (Å²) in [6.07, 6.45) is 29.7. The first kappa shape index (κ1) is 124. The van der Waals surface area contributed by atoms with Crippen molar-refractivity contribution in [3.63, 3.8) is 0 Å². The number of aldehydes is 1. The van der Waals surface area contributed by atoms with Gasteiger partial charge in [-0.2, -0.15) is 0 Å². The minimum Gasteiger partial charge on any atom is -1.00 e. The zero-order valence-electron chi connectivity index (χ0n) is 74.4. The summed E-state index contributed by atoms with van der Waals surface area (Å²) in [5, 5.41) is 35.3. The molecule has 0 fully saturated rings. The molecule has 12 aromatic carbocycles. The Hall–Kier alpha value is -15.5. The molecule has 30 heteroatoms. The topological polar surface area (TPSA) is 400 Å². The van der Waals surface area contributed by atoms with E-state index in [1.807, 2.05) is 60.7 Å². The Morgan fingerprint density at radius 2 is 0.556 bits per heavy atom. The molecule has 5 heterocycles. The Kier molecular flexibility index (Phi) is 60.0. The summed E-state index contributed by atoms with van der Waals surface area (Å²) in [6.45, 7) is 0. The fraction of sp³-hybridized carbons (Fsp3) is 0.0893. The van der Waals surface area contributed by atoms with E-state index in [1.165, 1.54) is 110 Å². The number of alkyl halides is 1. The number of methoxy groups -OCH3 is 3. The van der Waals surface area contributed by atoms with E-state index in [0.717, 1.165) is 50.6 Å². The first-order valence-electron chi connectivity index (χ1n) is 40.6. The van der Waals surface area contributed by atoms with E-state index in [9.17, 15) is 33.6 Å². The van der Waals surface area contributed by atoms with Crippen molar-refractivity contribution in [3.05, 3.63) is 486 Å². The van der Waals surface area contributed by atoms with Crippen molar-refractivity contribution in [1.82, 2.24) is 24.9 Å². The van der Waals surface area contributed by atoms with Crippen LogP contribution in [-0.2, 0) is 25.7 Å². The number of carboxylic acid groups (broad SMARTS) is 3. The summed E-state index contributed by atoms with van der Waals surface area (Å²) in [6, 6.07) is 107. The molecule has 730 valence electrons. The average Bonchev–Trinajstić information content (AvgIpc) is 0.924. The van der Waals surface area contributed by atoms with Crippen LogP contribution in [0.4, 0.5) is 0 Å². The van der Waals surface area contributed by atoms with Crippen molar-refractivity contribution in [3.8, 4) is 0 Å². The largest absolute Gasteiger partial charge is 1.00 e. The third kappa shape index (κ3) is 40.5. The number of aromatic nitrogens is 5. The Morgan fingerprint density at radius 1 is 0.324 bits per heavy atom. The molecule has 25 nitrogen and oxygen atoms in total. The fourth-order valence-corrected chi connectivity index (χ4v) is 19.4. The first-order valence-corrected chi connectivity index (χ1v) is 45.1. The minimum atomic E-state index is -1.99. The third-order valence-corrected chi connectivity index (χ3v) is 26.2. The molecule has 5 aromatic heterocycles. The molecule has 17 rings (SSSR count).